The smallest absolute Gasteiger partial charge is 0.344 e. The molecule has 21 aliphatic rings. The minimum absolute atomic E-state index is 0.00158. The van der Waals surface area contributed by atoms with E-state index in [0.29, 0.717) is 171 Å². The topological polar surface area (TPSA) is 316 Å². The zero-order valence-electron chi connectivity index (χ0n) is 77.1. The van der Waals surface area contributed by atoms with E-state index in [0.717, 1.165) is 120 Å². The molecule has 35 atom stereocenters. The van der Waals surface area contributed by atoms with Gasteiger partial charge in [0, 0.05) is 23.2 Å². The fourth-order valence-electron chi connectivity index (χ4n) is 31.4. The summed E-state index contributed by atoms with van der Waals surface area (Å²) < 4.78 is 66.3. The van der Waals surface area contributed by atoms with Crippen molar-refractivity contribution >= 4 is 71.6 Å². The molecule has 24 heteroatoms. The van der Waals surface area contributed by atoms with Crippen LogP contribution in [0.5, 0.6) is 0 Å². The molecule has 0 aromatic carbocycles. The summed E-state index contributed by atoms with van der Waals surface area (Å²) in [6.45, 7) is 35.5. The first-order valence-corrected chi connectivity index (χ1v) is 48.8. The molecule has 0 radical (unpaired) electrons. The molecule has 35 unspecified atom stereocenters. The Balaban J connectivity index is 0.000000110. The van der Waals surface area contributed by atoms with Crippen LogP contribution in [0, 0.1) is 203 Å². The van der Waals surface area contributed by atoms with Crippen molar-refractivity contribution in [2.45, 2.75) is 302 Å². The quantitative estimate of drug-likeness (QED) is 0.0659. The second-order valence-corrected chi connectivity index (χ2v) is 46.9. The van der Waals surface area contributed by atoms with E-state index in [1.54, 1.807) is 13.8 Å². The molecule has 16 bridgehead atoms. The standard InChI is InChI=1S/C23H32O6.C22H32O4.C20H28O4.C18H26O6.C17H26O4/c1-4-22(2,3)20(25)28-11-17(24)29-16-9-12-7-14(16)19-15-8-13(18(12)19)10-23(15)5-6-27-21(23)26;1-5-21(3,4)20(24)26-19-11(2)13-7-14(19)18-15-6-12(17(13)18)8-22(15)9-16(23)25-10-22;1-4-20(2,3)19(22)24-14-6-9-5-11(14)16-12-7-10(15(9)16)13-8-23-18(21)17(12)13;1-4-17(2,3)15(20)23-10-14(19)24-13-8-11-7-12(13)18(9-11)5-6-22-16(18)21;1-5-16(3,4)14(18)21-13-10(2)11-8-12(13)17(9-11)6-7-20-15(17)19/h12-16,18-19H,4-11H2,1-3H3;11-15,17-19H,5-10H2,1-4H3;9-17H,4-8H2,1-3H3;11-13H,4-10H2,1-3H3;10-13H,5-9H2,1-4H3. The predicted molar refractivity (Wildman–Crippen MR) is 446 cm³/mol. The number of cyclic esters (lactones) is 5. The van der Waals surface area contributed by atoms with Crippen molar-refractivity contribution in [3.8, 4) is 0 Å². The van der Waals surface area contributed by atoms with Crippen LogP contribution in [0.1, 0.15) is 272 Å². The fraction of sp³-hybridized carbons (Fsp3) is 0.880. The van der Waals surface area contributed by atoms with E-state index in [-0.39, 0.29) is 131 Å². The molecule has 0 amide bonds. The van der Waals surface area contributed by atoms with Gasteiger partial charge < -0.3 is 56.8 Å². The molecule has 24 nitrogen and oxygen atoms in total. The van der Waals surface area contributed by atoms with Crippen LogP contribution in [0.3, 0.4) is 0 Å². The third-order valence-electron chi connectivity index (χ3n) is 39.6. The Morgan fingerprint density at radius 3 is 1.35 bits per heavy atom. The maximum Gasteiger partial charge on any atom is 0.344 e. The molecule has 0 N–H and O–H groups in total. The normalized spacial score (nSPS) is 44.6. The Morgan fingerprint density at radius 1 is 0.363 bits per heavy atom. The predicted octanol–water partition coefficient (Wildman–Crippen LogP) is 15.2. The van der Waals surface area contributed by atoms with E-state index in [9.17, 15) is 57.5 Å². The van der Waals surface area contributed by atoms with Crippen LogP contribution in [0.2, 0.25) is 0 Å². The van der Waals surface area contributed by atoms with Crippen molar-refractivity contribution in [2.75, 3.05) is 46.2 Å². The molecule has 5 saturated heterocycles. The zero-order valence-corrected chi connectivity index (χ0v) is 77.1. The van der Waals surface area contributed by atoms with Crippen LogP contribution in [0.4, 0.5) is 0 Å². The van der Waals surface area contributed by atoms with E-state index in [1.165, 1.54) is 32.1 Å². The van der Waals surface area contributed by atoms with Gasteiger partial charge in [-0.3, -0.25) is 47.9 Å². The van der Waals surface area contributed by atoms with Gasteiger partial charge in [-0.2, -0.15) is 0 Å². The average Bonchev–Trinajstić information content (AvgIpc) is 1.53. The summed E-state index contributed by atoms with van der Waals surface area (Å²) in [5, 5.41) is 0. The summed E-state index contributed by atoms with van der Waals surface area (Å²) in [5.74, 6) is 11.5. The number of carbonyl (C=O) groups is 12. The molecule has 0 aromatic heterocycles. The second-order valence-electron chi connectivity index (χ2n) is 46.9. The highest BCUT2D eigenvalue weighted by Gasteiger charge is 2.76. The van der Waals surface area contributed by atoms with E-state index < -0.39 is 50.4 Å². The molecular formula is C100H144O24. The van der Waals surface area contributed by atoms with Crippen molar-refractivity contribution in [3.63, 3.8) is 0 Å². The van der Waals surface area contributed by atoms with Crippen LogP contribution in [-0.2, 0) is 114 Å². The highest BCUT2D eigenvalue weighted by atomic mass is 16.6. The maximum atomic E-state index is 12.7. The molecule has 4 spiro atoms. The molecule has 5 aliphatic heterocycles. The first-order valence-electron chi connectivity index (χ1n) is 48.8. The minimum Gasteiger partial charge on any atom is -0.465 e. The van der Waals surface area contributed by atoms with Gasteiger partial charge in [-0.25, -0.2) is 9.59 Å². The van der Waals surface area contributed by atoms with Crippen LogP contribution in [0.25, 0.3) is 0 Å². The van der Waals surface area contributed by atoms with Gasteiger partial charge in [-0.05, 0) is 347 Å². The lowest BCUT2D eigenvalue weighted by Gasteiger charge is -2.47. The van der Waals surface area contributed by atoms with Crippen molar-refractivity contribution < 1.29 is 114 Å². The summed E-state index contributed by atoms with van der Waals surface area (Å²) in [5.41, 5.74) is -3.41. The third-order valence-corrected chi connectivity index (χ3v) is 39.6. The Kier molecular flexibility index (Phi) is 23.4. The van der Waals surface area contributed by atoms with Gasteiger partial charge in [0.05, 0.1) is 88.7 Å². The van der Waals surface area contributed by atoms with Crippen LogP contribution >= 0.6 is 0 Å². The molecule has 21 rings (SSSR count). The van der Waals surface area contributed by atoms with Crippen LogP contribution in [0.15, 0.2) is 0 Å². The van der Waals surface area contributed by atoms with Gasteiger partial charge in [0.1, 0.15) is 30.5 Å². The molecule has 16 saturated carbocycles. The molecular weight excluding hydrogens is 1590 g/mol. The lowest BCUT2D eigenvalue weighted by atomic mass is 9.58. The maximum absolute atomic E-state index is 12.7. The summed E-state index contributed by atoms with van der Waals surface area (Å²) in [6.07, 6.45) is 22.2. The average molecular weight is 1730 g/mol. The van der Waals surface area contributed by atoms with Gasteiger partial charge in [0.15, 0.2) is 13.2 Å². The van der Waals surface area contributed by atoms with E-state index in [1.807, 2.05) is 83.1 Å². The van der Waals surface area contributed by atoms with Gasteiger partial charge in [0.2, 0.25) is 0 Å². The molecule has 16 aliphatic carbocycles. The van der Waals surface area contributed by atoms with Crippen LogP contribution < -0.4 is 0 Å². The third kappa shape index (κ3) is 14.5. The van der Waals surface area contributed by atoms with Crippen molar-refractivity contribution in [2.24, 2.45) is 203 Å². The Labute approximate surface area is 733 Å². The molecule has 688 valence electrons. The molecule has 0 aromatic rings. The fourth-order valence-corrected chi connectivity index (χ4v) is 31.4. The van der Waals surface area contributed by atoms with Crippen LogP contribution in [-0.4, -0.2) is 148 Å². The summed E-state index contributed by atoms with van der Waals surface area (Å²) >= 11 is 0. The summed E-state index contributed by atoms with van der Waals surface area (Å²) in [4.78, 5) is 147. The lowest BCUT2D eigenvalue weighted by Crippen LogP contribution is -2.48. The Hall–Kier alpha value is -6.36. The summed E-state index contributed by atoms with van der Waals surface area (Å²) in [7, 11) is 0. The highest BCUT2D eigenvalue weighted by molar-refractivity contribution is 5.84. The van der Waals surface area contributed by atoms with Gasteiger partial charge in [-0.1, -0.05) is 48.5 Å². The first kappa shape index (κ1) is 89.6. The number of esters is 12. The minimum atomic E-state index is -0.607. The number of hydrogen-bond acceptors (Lipinski definition) is 24. The lowest BCUT2D eigenvalue weighted by molar-refractivity contribution is -0.173. The van der Waals surface area contributed by atoms with Crippen molar-refractivity contribution in [1.82, 2.24) is 0 Å². The first-order chi connectivity index (χ1) is 58.6. The Bertz CT molecular complexity index is 4230. The van der Waals surface area contributed by atoms with E-state index in [4.69, 9.17) is 56.8 Å². The van der Waals surface area contributed by atoms with Gasteiger partial charge in [0.25, 0.3) is 0 Å². The number of ether oxygens (including phenoxy) is 12. The van der Waals surface area contributed by atoms with Crippen molar-refractivity contribution in [3.05, 3.63) is 0 Å². The van der Waals surface area contributed by atoms with E-state index >= 15 is 0 Å². The monoisotopic (exact) mass is 1730 g/mol. The van der Waals surface area contributed by atoms with Gasteiger partial charge >= 0.3 is 71.6 Å². The second kappa shape index (κ2) is 32.3. The number of carbonyl (C=O) groups excluding carboxylic acids is 12. The van der Waals surface area contributed by atoms with Gasteiger partial charge in [-0.15, -0.1) is 0 Å². The van der Waals surface area contributed by atoms with Crippen molar-refractivity contribution in [1.29, 1.82) is 0 Å². The SMILES string of the molecule is CCC(C)(C)C(=O)OC1C(C)C2CC1C1(CCOC1=O)C2.CCC(C)(C)C(=O)OC1C(C)C2CC1C1C2C2CC1C1(COC(=O)C1)C2.CCC(C)(C)C(=O)OC1CC2CC1C1C3CC(C4COC(=O)C43)C21.CCC(C)(C)C(=O)OCC(=O)OC1CC2CC1C1(CCOC1=O)C2.CCC(C)(C)C(=O)OCC(=O)OC1CC2CC1C1C2C2CC1C1(CCOC1=O)C2. The number of rotatable bonds is 19. The molecule has 124 heavy (non-hydrogen) atoms. The summed E-state index contributed by atoms with van der Waals surface area (Å²) in [6, 6.07) is 0. The molecule has 21 fully saturated rings. The Morgan fingerprint density at radius 2 is 0.823 bits per heavy atom. The number of fused-ring (bicyclic) bond motifs is 38. The highest BCUT2D eigenvalue weighted by Crippen LogP contribution is 2.77. The van der Waals surface area contributed by atoms with E-state index in [2.05, 4.69) is 20.8 Å². The molecule has 5 heterocycles. The number of hydrogen-bond donors (Lipinski definition) is 0. The zero-order chi connectivity index (χ0) is 88.7. The largest absolute Gasteiger partial charge is 0.465 e.